The first-order chi connectivity index (χ1) is 17.6. The lowest BCUT2D eigenvalue weighted by Crippen LogP contribution is -1.98. The molecule has 0 N–H and O–H groups in total. The van der Waals surface area contributed by atoms with Gasteiger partial charge in [-0.3, -0.25) is 0 Å². The molecular weight excluding hydrogens is 446 g/mol. The molecule has 0 aliphatic rings. The maximum Gasteiger partial charge on any atom is 0.174 e. The summed E-state index contributed by atoms with van der Waals surface area (Å²) in [6.07, 6.45) is 11.1. The van der Waals surface area contributed by atoms with Crippen LogP contribution in [0.2, 0.25) is 0 Å². The molecule has 36 heavy (non-hydrogen) atoms. The Balaban J connectivity index is 1.57. The fourth-order valence-electron chi connectivity index (χ4n) is 4.05. The summed E-state index contributed by atoms with van der Waals surface area (Å²) in [4.78, 5) is 0. The highest BCUT2D eigenvalue weighted by Gasteiger charge is 2.11. The molecule has 0 nitrogen and oxygen atoms in total. The zero-order valence-electron chi connectivity index (χ0n) is 21.6. The van der Waals surface area contributed by atoms with Crippen molar-refractivity contribution < 1.29 is 8.78 Å². The van der Waals surface area contributed by atoms with E-state index in [0.717, 1.165) is 42.4 Å². The molecule has 3 aromatic carbocycles. The predicted molar refractivity (Wildman–Crippen MR) is 147 cm³/mol. The van der Waals surface area contributed by atoms with Gasteiger partial charge in [-0.05, 0) is 79.3 Å². The molecule has 0 spiro atoms. The van der Waals surface area contributed by atoms with E-state index in [1.54, 1.807) is 12.1 Å². The fraction of sp³-hybridized carbons (Fsp3) is 0.353. The second-order valence-electron chi connectivity index (χ2n) is 9.30. The van der Waals surface area contributed by atoms with Crippen molar-refractivity contribution in [1.29, 1.82) is 0 Å². The van der Waals surface area contributed by atoms with E-state index < -0.39 is 11.6 Å². The van der Waals surface area contributed by atoms with Crippen molar-refractivity contribution in [3.05, 3.63) is 106 Å². The minimum absolute atomic E-state index is 0.0833. The second-order valence-corrected chi connectivity index (χ2v) is 9.30. The van der Waals surface area contributed by atoms with Crippen LogP contribution in [0.4, 0.5) is 8.78 Å². The zero-order valence-corrected chi connectivity index (χ0v) is 21.6. The Morgan fingerprint density at radius 3 is 1.61 bits per heavy atom. The van der Waals surface area contributed by atoms with Gasteiger partial charge in [-0.25, -0.2) is 8.78 Å². The quantitative estimate of drug-likeness (QED) is 0.200. The highest BCUT2D eigenvalue weighted by molar-refractivity contribution is 5.48. The van der Waals surface area contributed by atoms with Gasteiger partial charge < -0.3 is 0 Å². The standard InChI is InChI=1S/C34H36F2/c1-3-5-7-8-10-11-27-13-15-28(16-14-27)17-18-29-19-21-30(22-20-29)23-24-32-26-25-31(12-9-6-4-2)33(35)34(32)36/h13-16,19-22,25-26H,3-12H2,1-2H3. The minimum atomic E-state index is -0.860. The molecule has 0 aliphatic carbocycles. The van der Waals surface area contributed by atoms with Crippen LogP contribution in [0.15, 0.2) is 60.7 Å². The van der Waals surface area contributed by atoms with Crippen LogP contribution in [-0.2, 0) is 12.8 Å². The number of benzene rings is 3. The molecular formula is C34H36F2. The van der Waals surface area contributed by atoms with Gasteiger partial charge in [-0.15, -0.1) is 0 Å². The summed E-state index contributed by atoms with van der Waals surface area (Å²) in [6, 6.07) is 19.2. The molecule has 3 rings (SSSR count). The zero-order chi connectivity index (χ0) is 25.6. The molecule has 0 fully saturated rings. The summed E-state index contributed by atoms with van der Waals surface area (Å²) in [5.41, 5.74) is 4.48. The number of halogens is 2. The van der Waals surface area contributed by atoms with Crippen LogP contribution in [0.3, 0.4) is 0 Å². The van der Waals surface area contributed by atoms with Crippen LogP contribution in [0.5, 0.6) is 0 Å². The lowest BCUT2D eigenvalue weighted by atomic mass is 10.0. The lowest BCUT2D eigenvalue weighted by Gasteiger charge is -2.05. The first-order valence-electron chi connectivity index (χ1n) is 13.3. The summed E-state index contributed by atoms with van der Waals surface area (Å²) < 4.78 is 28.8. The summed E-state index contributed by atoms with van der Waals surface area (Å²) in [6.45, 7) is 4.33. The Morgan fingerprint density at radius 2 is 1.00 bits per heavy atom. The molecule has 0 unspecified atom stereocenters. The van der Waals surface area contributed by atoms with Crippen LogP contribution in [0.1, 0.15) is 98.6 Å². The number of hydrogen-bond donors (Lipinski definition) is 0. The predicted octanol–water partition coefficient (Wildman–Crippen LogP) is 9.01. The average molecular weight is 483 g/mol. The van der Waals surface area contributed by atoms with Crippen molar-refractivity contribution in [2.24, 2.45) is 0 Å². The number of aryl methyl sites for hydroxylation is 2. The van der Waals surface area contributed by atoms with Gasteiger partial charge in [-0.1, -0.05) is 94.3 Å². The number of hydrogen-bond acceptors (Lipinski definition) is 0. The summed E-state index contributed by atoms with van der Waals surface area (Å²) >= 11 is 0. The molecule has 3 aromatic rings. The molecule has 0 radical (unpaired) electrons. The van der Waals surface area contributed by atoms with E-state index in [0.29, 0.717) is 12.0 Å². The van der Waals surface area contributed by atoms with Gasteiger partial charge in [0.1, 0.15) is 0 Å². The summed E-state index contributed by atoms with van der Waals surface area (Å²) in [7, 11) is 0. The van der Waals surface area contributed by atoms with E-state index in [-0.39, 0.29) is 5.56 Å². The van der Waals surface area contributed by atoms with E-state index >= 15 is 0 Å². The van der Waals surface area contributed by atoms with Crippen LogP contribution < -0.4 is 0 Å². The van der Waals surface area contributed by atoms with Gasteiger partial charge in [0.2, 0.25) is 0 Å². The molecule has 0 amide bonds. The highest BCUT2D eigenvalue weighted by Crippen LogP contribution is 2.18. The number of rotatable bonds is 10. The first kappa shape index (κ1) is 27.2. The van der Waals surface area contributed by atoms with Gasteiger partial charge in [0.15, 0.2) is 11.6 Å². The van der Waals surface area contributed by atoms with Crippen LogP contribution in [-0.4, -0.2) is 0 Å². The molecule has 0 aromatic heterocycles. The largest absolute Gasteiger partial charge is 0.203 e. The van der Waals surface area contributed by atoms with E-state index in [1.165, 1.54) is 37.7 Å². The Hall–Kier alpha value is -3.36. The summed E-state index contributed by atoms with van der Waals surface area (Å²) in [5.74, 6) is 10.5. The molecule has 2 heteroatoms. The monoisotopic (exact) mass is 482 g/mol. The molecule has 0 bridgehead atoms. The normalized spacial score (nSPS) is 10.3. The lowest BCUT2D eigenvalue weighted by molar-refractivity contribution is 0.494. The van der Waals surface area contributed by atoms with Crippen molar-refractivity contribution in [2.75, 3.05) is 0 Å². The smallest absolute Gasteiger partial charge is 0.174 e. The third-order valence-electron chi connectivity index (χ3n) is 6.31. The third kappa shape index (κ3) is 8.70. The minimum Gasteiger partial charge on any atom is -0.203 e. The van der Waals surface area contributed by atoms with Crippen LogP contribution >= 0.6 is 0 Å². The van der Waals surface area contributed by atoms with Crippen molar-refractivity contribution in [1.82, 2.24) is 0 Å². The van der Waals surface area contributed by atoms with Gasteiger partial charge in [0.25, 0.3) is 0 Å². The average Bonchev–Trinajstić information content (AvgIpc) is 2.91. The van der Waals surface area contributed by atoms with Gasteiger partial charge >= 0.3 is 0 Å². The Bertz CT molecular complexity index is 1210. The van der Waals surface area contributed by atoms with Gasteiger partial charge in [0, 0.05) is 16.7 Å². The van der Waals surface area contributed by atoms with Crippen LogP contribution in [0, 0.1) is 35.3 Å². The molecule has 0 heterocycles. The highest BCUT2D eigenvalue weighted by atomic mass is 19.2. The fourth-order valence-corrected chi connectivity index (χ4v) is 4.05. The Labute approximate surface area is 216 Å². The topological polar surface area (TPSA) is 0 Å². The maximum absolute atomic E-state index is 14.4. The third-order valence-corrected chi connectivity index (χ3v) is 6.31. The van der Waals surface area contributed by atoms with Gasteiger partial charge in [-0.2, -0.15) is 0 Å². The van der Waals surface area contributed by atoms with E-state index in [2.05, 4.69) is 61.8 Å². The van der Waals surface area contributed by atoms with Gasteiger partial charge in [0.05, 0.1) is 5.56 Å². The van der Waals surface area contributed by atoms with Crippen molar-refractivity contribution >= 4 is 0 Å². The van der Waals surface area contributed by atoms with Crippen LogP contribution in [0.25, 0.3) is 0 Å². The summed E-state index contributed by atoms with van der Waals surface area (Å²) in [5, 5.41) is 0. The molecule has 0 aliphatic heterocycles. The SMILES string of the molecule is CCCCCCCc1ccc(C#Cc2ccc(C#Cc3ccc(CCCCC)c(F)c3F)cc2)cc1. The van der Waals surface area contributed by atoms with Crippen molar-refractivity contribution in [3.8, 4) is 23.7 Å². The van der Waals surface area contributed by atoms with E-state index in [1.807, 2.05) is 24.3 Å². The molecule has 0 saturated carbocycles. The van der Waals surface area contributed by atoms with Crippen molar-refractivity contribution in [3.63, 3.8) is 0 Å². The molecule has 0 saturated heterocycles. The molecule has 186 valence electrons. The van der Waals surface area contributed by atoms with E-state index in [4.69, 9.17) is 0 Å². The van der Waals surface area contributed by atoms with Crippen molar-refractivity contribution in [2.45, 2.75) is 78.1 Å². The number of unbranched alkanes of at least 4 members (excludes halogenated alkanes) is 6. The Morgan fingerprint density at radius 1 is 0.500 bits per heavy atom. The maximum atomic E-state index is 14.4. The molecule has 0 atom stereocenters. The second kappa shape index (κ2) is 14.9. The first-order valence-corrected chi connectivity index (χ1v) is 13.3. The Kier molecular flexibility index (Phi) is 11.3. The van der Waals surface area contributed by atoms with E-state index in [9.17, 15) is 8.78 Å².